The Morgan fingerprint density at radius 2 is 0.865 bits per heavy atom. The zero-order valence-electron chi connectivity index (χ0n) is 27.5. The summed E-state index contributed by atoms with van der Waals surface area (Å²) < 4.78 is 5.86. The average molecular weight is 719 g/mol. The molecule has 0 atom stereocenters. The minimum Gasteiger partial charge on any atom is -0.285 e. The van der Waals surface area contributed by atoms with Crippen molar-refractivity contribution in [3.05, 3.63) is 158 Å². The number of aromatic nitrogens is 4. The van der Waals surface area contributed by atoms with Gasteiger partial charge in [0.15, 0.2) is 5.13 Å². The lowest BCUT2D eigenvalue weighted by atomic mass is 9.94. The van der Waals surface area contributed by atoms with Crippen molar-refractivity contribution in [2.24, 2.45) is 0 Å². The predicted molar refractivity (Wildman–Crippen MR) is 222 cm³/mol. The first kappa shape index (κ1) is 29.7. The van der Waals surface area contributed by atoms with Crippen LogP contribution in [0.4, 0.5) is 0 Å². The first-order valence-electron chi connectivity index (χ1n) is 17.1. The molecule has 4 aromatic heterocycles. The van der Waals surface area contributed by atoms with Crippen LogP contribution >= 0.6 is 34.0 Å². The van der Waals surface area contributed by atoms with Crippen LogP contribution in [0.5, 0.6) is 0 Å². The highest BCUT2D eigenvalue weighted by molar-refractivity contribution is 7.22. The topological polar surface area (TPSA) is 43.6 Å². The summed E-state index contributed by atoms with van der Waals surface area (Å²) in [5.41, 5.74) is 12.3. The van der Waals surface area contributed by atoms with Crippen molar-refractivity contribution in [1.82, 2.24) is 19.5 Å². The van der Waals surface area contributed by atoms with Gasteiger partial charge in [-0.1, -0.05) is 96.3 Å². The number of thiazole rings is 3. The van der Waals surface area contributed by atoms with Crippen molar-refractivity contribution in [2.75, 3.05) is 0 Å². The third-order valence-electron chi connectivity index (χ3n) is 9.72. The number of hydrogen-bond acceptors (Lipinski definition) is 6. The number of benzene rings is 7. The largest absolute Gasteiger partial charge is 0.285 e. The minimum absolute atomic E-state index is 0.962. The van der Waals surface area contributed by atoms with Gasteiger partial charge in [0.25, 0.3) is 0 Å². The molecule has 4 nitrogen and oxygen atoms in total. The Bertz CT molecular complexity index is 2990. The third kappa shape index (κ3) is 4.82. The number of nitrogens with zero attached hydrogens (tertiary/aromatic N) is 4. The van der Waals surface area contributed by atoms with Gasteiger partial charge in [0.2, 0.25) is 0 Å². The van der Waals surface area contributed by atoms with Crippen LogP contribution in [-0.4, -0.2) is 19.5 Å². The zero-order chi connectivity index (χ0) is 34.2. The maximum atomic E-state index is 5.27. The Hall–Kier alpha value is -5.99. The minimum atomic E-state index is 0.962. The van der Waals surface area contributed by atoms with Gasteiger partial charge in [0.05, 0.1) is 41.7 Å². The van der Waals surface area contributed by atoms with Gasteiger partial charge in [-0.15, -0.1) is 22.7 Å². The summed E-state index contributed by atoms with van der Waals surface area (Å²) in [6.07, 6.45) is 0. The molecule has 0 saturated heterocycles. The van der Waals surface area contributed by atoms with E-state index < -0.39 is 0 Å². The van der Waals surface area contributed by atoms with Gasteiger partial charge in [0.1, 0.15) is 10.0 Å². The molecule has 11 rings (SSSR count). The number of rotatable bonds is 5. The fourth-order valence-electron chi connectivity index (χ4n) is 7.26. The van der Waals surface area contributed by atoms with Crippen molar-refractivity contribution < 1.29 is 0 Å². The highest BCUT2D eigenvalue weighted by atomic mass is 32.1. The highest BCUT2D eigenvalue weighted by Gasteiger charge is 2.20. The van der Waals surface area contributed by atoms with Crippen molar-refractivity contribution in [3.8, 4) is 48.5 Å². The van der Waals surface area contributed by atoms with Gasteiger partial charge in [-0.2, -0.15) is 0 Å². The van der Waals surface area contributed by atoms with E-state index in [9.17, 15) is 0 Å². The molecule has 0 fully saturated rings. The molecule has 0 amide bonds. The lowest BCUT2D eigenvalue weighted by molar-refractivity contribution is 1.15. The summed E-state index contributed by atoms with van der Waals surface area (Å²) in [6.45, 7) is 0. The Labute approximate surface area is 310 Å². The van der Waals surface area contributed by atoms with Crippen LogP contribution in [0, 0.1) is 0 Å². The van der Waals surface area contributed by atoms with Crippen LogP contribution in [-0.2, 0) is 0 Å². The molecule has 0 aliphatic rings. The summed E-state index contributed by atoms with van der Waals surface area (Å²) in [4.78, 5) is 15.4. The van der Waals surface area contributed by atoms with Crippen LogP contribution < -0.4 is 0 Å². The van der Waals surface area contributed by atoms with Crippen molar-refractivity contribution in [1.29, 1.82) is 0 Å². The Morgan fingerprint density at radius 3 is 1.46 bits per heavy atom. The normalized spacial score (nSPS) is 11.8. The molecule has 11 aromatic rings. The van der Waals surface area contributed by atoms with E-state index in [1.165, 1.54) is 47.1 Å². The quantitative estimate of drug-likeness (QED) is 0.178. The Balaban J connectivity index is 1.11. The first-order chi connectivity index (χ1) is 25.7. The number of hydrogen-bond donors (Lipinski definition) is 0. The summed E-state index contributed by atoms with van der Waals surface area (Å²) in [5, 5.41) is 5.33. The molecule has 0 saturated carbocycles. The molecular weight excluding hydrogens is 693 g/mol. The van der Waals surface area contributed by atoms with Gasteiger partial charge in [-0.25, -0.2) is 15.0 Å². The average Bonchev–Trinajstić information content (AvgIpc) is 4.00. The lowest BCUT2D eigenvalue weighted by Gasteiger charge is -2.10. The summed E-state index contributed by atoms with van der Waals surface area (Å²) in [7, 11) is 0. The van der Waals surface area contributed by atoms with Gasteiger partial charge < -0.3 is 0 Å². The SMILES string of the molecule is c1ccc(-c2cc3nc(-c4ccc5c(c4)c4cc(-c6nc7ccccc7s6)ccc4n5-c4nc5ccccc5s4)sc3cc2-c2ccccc2)cc1. The van der Waals surface area contributed by atoms with E-state index in [0.717, 1.165) is 53.9 Å². The van der Waals surface area contributed by atoms with E-state index in [1.807, 2.05) is 0 Å². The smallest absolute Gasteiger partial charge is 0.195 e. The second kappa shape index (κ2) is 11.8. The number of para-hydroxylation sites is 2. The molecule has 7 aromatic carbocycles. The van der Waals surface area contributed by atoms with Crippen LogP contribution in [0.25, 0.3) is 101 Å². The fraction of sp³-hybridized carbons (Fsp3) is 0. The van der Waals surface area contributed by atoms with Gasteiger partial charge in [0, 0.05) is 21.9 Å². The van der Waals surface area contributed by atoms with Crippen molar-refractivity contribution in [2.45, 2.75) is 0 Å². The molecule has 0 N–H and O–H groups in total. The lowest BCUT2D eigenvalue weighted by Crippen LogP contribution is -1.92. The molecule has 0 aliphatic carbocycles. The molecule has 52 heavy (non-hydrogen) atoms. The van der Waals surface area contributed by atoms with E-state index in [-0.39, 0.29) is 0 Å². The van der Waals surface area contributed by atoms with Crippen LogP contribution in [0.2, 0.25) is 0 Å². The fourth-order valence-corrected chi connectivity index (χ4v) is 10.2. The summed E-state index contributed by atoms with van der Waals surface area (Å²) in [6, 6.07) is 56.1. The Morgan fingerprint density at radius 1 is 0.365 bits per heavy atom. The molecule has 0 aliphatic heterocycles. The van der Waals surface area contributed by atoms with Crippen LogP contribution in [0.15, 0.2) is 158 Å². The molecule has 7 heteroatoms. The van der Waals surface area contributed by atoms with Gasteiger partial charge in [-0.05, 0) is 95.1 Å². The molecule has 0 unspecified atom stereocenters. The second-order valence-electron chi connectivity index (χ2n) is 12.9. The monoisotopic (exact) mass is 718 g/mol. The van der Waals surface area contributed by atoms with E-state index in [2.05, 4.69) is 162 Å². The van der Waals surface area contributed by atoms with E-state index in [0.29, 0.717) is 0 Å². The zero-order valence-corrected chi connectivity index (χ0v) is 30.0. The van der Waals surface area contributed by atoms with E-state index in [1.54, 1.807) is 34.0 Å². The van der Waals surface area contributed by atoms with Crippen LogP contribution in [0.3, 0.4) is 0 Å². The first-order valence-corrected chi connectivity index (χ1v) is 19.5. The van der Waals surface area contributed by atoms with Crippen LogP contribution in [0.1, 0.15) is 0 Å². The molecule has 0 bridgehead atoms. The molecule has 0 spiro atoms. The van der Waals surface area contributed by atoms with Crippen molar-refractivity contribution in [3.63, 3.8) is 0 Å². The maximum absolute atomic E-state index is 5.27. The molecule has 4 heterocycles. The summed E-state index contributed by atoms with van der Waals surface area (Å²) in [5.74, 6) is 0. The second-order valence-corrected chi connectivity index (χ2v) is 15.9. The predicted octanol–water partition coefficient (Wildman–Crippen LogP) is 13.3. The molecule has 0 radical (unpaired) electrons. The Kier molecular flexibility index (Phi) is 6.73. The standard InChI is InChI=1S/C45H26N4S3/c1-3-11-27(12-4-1)31-25-37-42(26-32(31)28-13-5-2-6-14-28)51-44(47-37)30-20-22-39-34(24-30)33-23-29(43-46-35-15-7-9-17-40(35)50-43)19-21-38(33)49(39)45-48-36-16-8-10-18-41(36)52-45/h1-26H. The van der Waals surface area contributed by atoms with E-state index in [4.69, 9.17) is 15.0 Å². The van der Waals surface area contributed by atoms with Gasteiger partial charge in [-0.3, -0.25) is 4.57 Å². The molecule has 244 valence electrons. The van der Waals surface area contributed by atoms with Gasteiger partial charge >= 0.3 is 0 Å². The molecular formula is C45H26N4S3. The van der Waals surface area contributed by atoms with E-state index >= 15 is 0 Å². The van der Waals surface area contributed by atoms with Crippen molar-refractivity contribution >= 4 is 86.5 Å². The maximum Gasteiger partial charge on any atom is 0.195 e. The number of fused-ring (bicyclic) bond motifs is 6. The highest BCUT2D eigenvalue weighted by Crippen LogP contribution is 2.43. The third-order valence-corrected chi connectivity index (χ3v) is 12.9. The summed E-state index contributed by atoms with van der Waals surface area (Å²) >= 11 is 5.21.